The zero-order chi connectivity index (χ0) is 14.4. The van der Waals surface area contributed by atoms with Crippen molar-refractivity contribution < 1.29 is 4.74 Å². The molecule has 1 atom stereocenters. The zero-order valence-corrected chi connectivity index (χ0v) is 12.5. The number of aryl methyl sites for hydroxylation is 1. The number of hydrogen-bond acceptors (Lipinski definition) is 3. The normalized spacial score (nSPS) is 12.6. The van der Waals surface area contributed by atoms with Crippen LogP contribution >= 0.6 is 0 Å². The van der Waals surface area contributed by atoms with Crippen LogP contribution < -0.4 is 0 Å². The molecule has 0 saturated heterocycles. The van der Waals surface area contributed by atoms with Crippen molar-refractivity contribution in [1.29, 1.82) is 0 Å². The second-order valence-electron chi connectivity index (χ2n) is 5.06. The summed E-state index contributed by atoms with van der Waals surface area (Å²) in [4.78, 5) is 0. The van der Waals surface area contributed by atoms with Gasteiger partial charge in [0.15, 0.2) is 0 Å². The summed E-state index contributed by atoms with van der Waals surface area (Å²) in [5.74, 6) is 0. The lowest BCUT2D eigenvalue weighted by Crippen LogP contribution is -2.11. The SMILES string of the molecule is CCCC(CC)OCc1n[nH]nc1-c1ccccc1C. The van der Waals surface area contributed by atoms with Gasteiger partial charge in [-0.1, -0.05) is 44.5 Å². The average Bonchev–Trinajstić information content (AvgIpc) is 2.92. The van der Waals surface area contributed by atoms with E-state index in [0.29, 0.717) is 12.7 Å². The first-order chi connectivity index (χ1) is 9.76. The standard InChI is InChI=1S/C16H23N3O/c1-4-8-13(5-2)20-11-15-16(18-19-17-15)14-10-7-6-9-12(14)3/h6-7,9-10,13H,4-5,8,11H2,1-3H3,(H,17,18,19). The number of nitrogens with one attached hydrogen (secondary N) is 1. The van der Waals surface area contributed by atoms with Gasteiger partial charge in [0.25, 0.3) is 0 Å². The number of H-pyrrole nitrogens is 1. The topological polar surface area (TPSA) is 50.8 Å². The van der Waals surface area contributed by atoms with E-state index in [1.807, 2.05) is 12.1 Å². The minimum atomic E-state index is 0.307. The van der Waals surface area contributed by atoms with Crippen LogP contribution in [0.15, 0.2) is 24.3 Å². The monoisotopic (exact) mass is 273 g/mol. The number of hydrogen-bond donors (Lipinski definition) is 1. The molecule has 0 aliphatic heterocycles. The minimum Gasteiger partial charge on any atom is -0.372 e. The number of nitrogens with zero attached hydrogens (tertiary/aromatic N) is 2. The van der Waals surface area contributed by atoms with Crippen molar-refractivity contribution in [2.45, 2.75) is 52.7 Å². The van der Waals surface area contributed by atoms with Crippen LogP contribution in [-0.4, -0.2) is 21.5 Å². The van der Waals surface area contributed by atoms with Crippen LogP contribution in [0.5, 0.6) is 0 Å². The first-order valence-electron chi connectivity index (χ1n) is 7.33. The Labute approximate surface area is 120 Å². The van der Waals surface area contributed by atoms with Gasteiger partial charge in [-0.3, -0.25) is 0 Å². The molecule has 0 spiro atoms. The lowest BCUT2D eigenvalue weighted by Gasteiger charge is -2.14. The number of aromatic nitrogens is 3. The van der Waals surface area contributed by atoms with Crippen molar-refractivity contribution in [3.63, 3.8) is 0 Å². The van der Waals surface area contributed by atoms with Gasteiger partial charge in [-0.15, -0.1) is 0 Å². The average molecular weight is 273 g/mol. The summed E-state index contributed by atoms with van der Waals surface area (Å²) in [6.07, 6.45) is 3.57. The van der Waals surface area contributed by atoms with Crippen molar-refractivity contribution in [3.8, 4) is 11.3 Å². The highest BCUT2D eigenvalue weighted by Gasteiger charge is 2.14. The Balaban J connectivity index is 2.11. The molecule has 1 aromatic heterocycles. The van der Waals surface area contributed by atoms with Gasteiger partial charge in [-0.25, -0.2) is 0 Å². The highest BCUT2D eigenvalue weighted by molar-refractivity contribution is 5.64. The third kappa shape index (κ3) is 3.45. The smallest absolute Gasteiger partial charge is 0.118 e. The van der Waals surface area contributed by atoms with E-state index in [1.165, 1.54) is 5.56 Å². The summed E-state index contributed by atoms with van der Waals surface area (Å²) >= 11 is 0. The van der Waals surface area contributed by atoms with Gasteiger partial charge >= 0.3 is 0 Å². The molecule has 0 amide bonds. The van der Waals surface area contributed by atoms with Crippen molar-refractivity contribution in [3.05, 3.63) is 35.5 Å². The minimum absolute atomic E-state index is 0.307. The van der Waals surface area contributed by atoms with Crippen molar-refractivity contribution in [2.75, 3.05) is 0 Å². The summed E-state index contributed by atoms with van der Waals surface area (Å²) in [5, 5.41) is 11.2. The van der Waals surface area contributed by atoms with Crippen LogP contribution in [0.2, 0.25) is 0 Å². The second kappa shape index (κ2) is 7.20. The first-order valence-corrected chi connectivity index (χ1v) is 7.33. The number of ether oxygens (including phenoxy) is 1. The van der Waals surface area contributed by atoms with Crippen LogP contribution in [0, 0.1) is 6.92 Å². The molecule has 0 aliphatic rings. The second-order valence-corrected chi connectivity index (χ2v) is 5.06. The molecule has 0 saturated carbocycles. The van der Waals surface area contributed by atoms with Crippen molar-refractivity contribution >= 4 is 0 Å². The molecule has 0 radical (unpaired) electrons. The molecule has 1 heterocycles. The molecule has 0 aliphatic carbocycles. The number of aromatic amines is 1. The quantitative estimate of drug-likeness (QED) is 0.833. The van der Waals surface area contributed by atoms with Crippen LogP contribution in [-0.2, 0) is 11.3 Å². The van der Waals surface area contributed by atoms with Crippen LogP contribution in [0.3, 0.4) is 0 Å². The maximum atomic E-state index is 5.96. The molecule has 0 bridgehead atoms. The van der Waals surface area contributed by atoms with Crippen LogP contribution in [0.25, 0.3) is 11.3 Å². The molecule has 4 nitrogen and oxygen atoms in total. The Morgan fingerprint density at radius 2 is 2.00 bits per heavy atom. The van der Waals surface area contributed by atoms with Crippen LogP contribution in [0.1, 0.15) is 44.4 Å². The molecule has 1 N–H and O–H groups in total. The van der Waals surface area contributed by atoms with E-state index in [-0.39, 0.29) is 0 Å². The van der Waals surface area contributed by atoms with E-state index in [2.05, 4.69) is 48.3 Å². The third-order valence-electron chi connectivity index (χ3n) is 3.54. The van der Waals surface area contributed by atoms with E-state index in [9.17, 15) is 0 Å². The predicted octanol–water partition coefficient (Wildman–Crippen LogP) is 3.88. The summed E-state index contributed by atoms with van der Waals surface area (Å²) < 4.78 is 5.96. The van der Waals surface area contributed by atoms with E-state index in [0.717, 1.165) is 36.2 Å². The molecule has 1 aromatic carbocycles. The van der Waals surface area contributed by atoms with E-state index < -0.39 is 0 Å². The van der Waals surface area contributed by atoms with E-state index in [4.69, 9.17) is 4.74 Å². The highest BCUT2D eigenvalue weighted by Crippen LogP contribution is 2.24. The molecule has 1 unspecified atom stereocenters. The maximum Gasteiger partial charge on any atom is 0.118 e. The lowest BCUT2D eigenvalue weighted by molar-refractivity contribution is 0.0306. The van der Waals surface area contributed by atoms with Gasteiger partial charge in [0.1, 0.15) is 11.4 Å². The molecule has 0 fully saturated rings. The predicted molar refractivity (Wildman–Crippen MR) is 80.3 cm³/mol. The fourth-order valence-corrected chi connectivity index (χ4v) is 2.33. The Hall–Kier alpha value is -1.68. The zero-order valence-electron chi connectivity index (χ0n) is 12.5. The van der Waals surface area contributed by atoms with Crippen molar-refractivity contribution in [1.82, 2.24) is 15.4 Å². The molecule has 108 valence electrons. The molecular weight excluding hydrogens is 250 g/mol. The lowest BCUT2D eigenvalue weighted by atomic mass is 10.0. The largest absolute Gasteiger partial charge is 0.372 e. The Kier molecular flexibility index (Phi) is 5.30. The Bertz CT molecular complexity index is 536. The van der Waals surface area contributed by atoms with Crippen molar-refractivity contribution in [2.24, 2.45) is 0 Å². The van der Waals surface area contributed by atoms with Gasteiger partial charge in [0, 0.05) is 5.56 Å². The number of benzene rings is 1. The fraction of sp³-hybridized carbons (Fsp3) is 0.500. The van der Waals surface area contributed by atoms with Crippen LogP contribution in [0.4, 0.5) is 0 Å². The molecule has 2 aromatic rings. The number of rotatable bonds is 7. The maximum absolute atomic E-state index is 5.96. The van der Waals surface area contributed by atoms with Gasteiger partial charge in [0.2, 0.25) is 0 Å². The Morgan fingerprint density at radius 1 is 1.20 bits per heavy atom. The van der Waals surface area contributed by atoms with E-state index >= 15 is 0 Å². The van der Waals surface area contributed by atoms with Gasteiger partial charge < -0.3 is 4.74 Å². The third-order valence-corrected chi connectivity index (χ3v) is 3.54. The first kappa shape index (κ1) is 14.7. The van der Waals surface area contributed by atoms with Gasteiger partial charge in [-0.05, 0) is 25.3 Å². The van der Waals surface area contributed by atoms with Gasteiger partial charge in [-0.2, -0.15) is 15.4 Å². The van der Waals surface area contributed by atoms with Gasteiger partial charge in [0.05, 0.1) is 12.7 Å². The molecule has 20 heavy (non-hydrogen) atoms. The summed E-state index contributed by atoms with van der Waals surface area (Å²) in [7, 11) is 0. The Morgan fingerprint density at radius 3 is 2.70 bits per heavy atom. The molecule has 2 rings (SSSR count). The summed E-state index contributed by atoms with van der Waals surface area (Å²) in [5.41, 5.74) is 4.09. The molecular formula is C16H23N3O. The fourth-order valence-electron chi connectivity index (χ4n) is 2.33. The van der Waals surface area contributed by atoms with E-state index in [1.54, 1.807) is 0 Å². The highest BCUT2D eigenvalue weighted by atomic mass is 16.5. The molecule has 4 heteroatoms. The summed E-state index contributed by atoms with van der Waals surface area (Å²) in [6.45, 7) is 6.94. The summed E-state index contributed by atoms with van der Waals surface area (Å²) in [6, 6.07) is 8.21.